The number of hydrogen-bond donors (Lipinski definition) is 1. The Labute approximate surface area is 152 Å². The number of phenolic OH excluding ortho intramolecular Hbond substituents is 1. The molecule has 2 saturated carbocycles. The quantitative estimate of drug-likeness (QED) is 0.912. The van der Waals surface area contributed by atoms with Crippen molar-refractivity contribution in [2.24, 2.45) is 11.8 Å². The van der Waals surface area contributed by atoms with Crippen LogP contribution >= 0.6 is 0 Å². The second-order valence-electron chi connectivity index (χ2n) is 7.42. The molecule has 2 aromatic rings. The van der Waals surface area contributed by atoms with E-state index in [0.29, 0.717) is 28.6 Å². The van der Waals surface area contributed by atoms with Crippen LogP contribution in [0.5, 0.6) is 5.75 Å². The summed E-state index contributed by atoms with van der Waals surface area (Å²) in [5, 5.41) is 27.5. The minimum Gasteiger partial charge on any atom is -0.507 e. The van der Waals surface area contributed by atoms with Crippen molar-refractivity contribution in [3.8, 4) is 23.1 Å². The Hall–Kier alpha value is -2.68. The molecular formula is C20H21FN4O. The largest absolute Gasteiger partial charge is 0.507 e. The third-order valence-electron chi connectivity index (χ3n) is 5.89. The minimum atomic E-state index is -0.823. The van der Waals surface area contributed by atoms with Gasteiger partial charge in [-0.3, -0.25) is 0 Å². The SMILES string of the molecule is CN(c1ccc(-c2cc(C#N)ccc2O)nn1)[C@H]1C[C@@H]2CC[C@@H](C2)[C@H]1F. The van der Waals surface area contributed by atoms with E-state index in [9.17, 15) is 9.50 Å². The normalized spacial score (nSPS) is 27.1. The van der Waals surface area contributed by atoms with Crippen LogP contribution in [0.4, 0.5) is 10.2 Å². The fraction of sp³-hybridized carbons (Fsp3) is 0.450. The van der Waals surface area contributed by atoms with E-state index in [4.69, 9.17) is 5.26 Å². The molecule has 0 spiro atoms. The van der Waals surface area contributed by atoms with Crippen molar-refractivity contribution in [2.45, 2.75) is 37.9 Å². The van der Waals surface area contributed by atoms with Crippen molar-refractivity contribution in [3.63, 3.8) is 0 Å². The summed E-state index contributed by atoms with van der Waals surface area (Å²) in [7, 11) is 1.87. The first kappa shape index (κ1) is 16.8. The fourth-order valence-corrected chi connectivity index (χ4v) is 4.41. The standard InChI is InChI=1S/C20H21FN4O/c1-25(17-10-12-2-4-14(8-12)20(17)21)19-7-5-16(23-24-19)15-9-13(11-22)3-6-18(15)26/h3,5-7,9,12,14,17,20,26H,2,4,8,10H2,1H3/t12-,14+,17+,20-/m1/s1. The molecule has 5 nitrogen and oxygen atoms in total. The molecule has 0 saturated heterocycles. The van der Waals surface area contributed by atoms with Gasteiger partial charge < -0.3 is 10.0 Å². The monoisotopic (exact) mass is 352 g/mol. The Morgan fingerprint density at radius 3 is 2.77 bits per heavy atom. The molecule has 0 radical (unpaired) electrons. The predicted octanol–water partition coefficient (Wildman–Crippen LogP) is 3.68. The zero-order valence-corrected chi connectivity index (χ0v) is 14.6. The van der Waals surface area contributed by atoms with Crippen LogP contribution in [-0.2, 0) is 0 Å². The first-order valence-corrected chi connectivity index (χ1v) is 9.01. The summed E-state index contributed by atoms with van der Waals surface area (Å²) >= 11 is 0. The van der Waals surface area contributed by atoms with E-state index in [1.807, 2.05) is 18.0 Å². The maximum atomic E-state index is 14.8. The minimum absolute atomic E-state index is 0.0482. The topological polar surface area (TPSA) is 73.0 Å². The van der Waals surface area contributed by atoms with Gasteiger partial charge in [0.1, 0.15) is 11.9 Å². The molecule has 26 heavy (non-hydrogen) atoms. The number of fused-ring (bicyclic) bond motifs is 2. The van der Waals surface area contributed by atoms with Gasteiger partial charge in [-0.25, -0.2) is 4.39 Å². The van der Waals surface area contributed by atoms with E-state index >= 15 is 0 Å². The van der Waals surface area contributed by atoms with E-state index in [0.717, 1.165) is 25.7 Å². The number of benzene rings is 1. The van der Waals surface area contributed by atoms with Crippen LogP contribution < -0.4 is 4.90 Å². The Morgan fingerprint density at radius 2 is 2.04 bits per heavy atom. The van der Waals surface area contributed by atoms with Gasteiger partial charge in [-0.05, 0) is 67.9 Å². The van der Waals surface area contributed by atoms with E-state index in [1.54, 1.807) is 24.3 Å². The number of aromatic hydroxyl groups is 1. The first-order valence-electron chi connectivity index (χ1n) is 9.01. The molecule has 0 aliphatic heterocycles. The second kappa shape index (κ2) is 6.56. The highest BCUT2D eigenvalue weighted by molar-refractivity contribution is 5.68. The van der Waals surface area contributed by atoms with Crippen LogP contribution in [0.3, 0.4) is 0 Å². The highest BCUT2D eigenvalue weighted by atomic mass is 19.1. The zero-order valence-electron chi connectivity index (χ0n) is 14.6. The van der Waals surface area contributed by atoms with Crippen LogP contribution in [0.25, 0.3) is 11.3 Å². The number of hydrogen-bond acceptors (Lipinski definition) is 5. The third-order valence-corrected chi connectivity index (χ3v) is 5.89. The first-order chi connectivity index (χ1) is 12.6. The Bertz CT molecular complexity index is 848. The number of halogens is 1. The molecule has 0 unspecified atom stereocenters. The molecule has 1 heterocycles. The number of anilines is 1. The van der Waals surface area contributed by atoms with Crippen LogP contribution in [0, 0.1) is 23.2 Å². The van der Waals surface area contributed by atoms with Gasteiger partial charge in [0.15, 0.2) is 5.82 Å². The van der Waals surface area contributed by atoms with Gasteiger partial charge in [0.05, 0.1) is 23.4 Å². The zero-order chi connectivity index (χ0) is 18.3. The van der Waals surface area contributed by atoms with Crippen LogP contribution in [0.1, 0.15) is 31.2 Å². The molecule has 1 N–H and O–H groups in total. The van der Waals surface area contributed by atoms with Gasteiger partial charge in [-0.2, -0.15) is 5.26 Å². The molecule has 4 atom stereocenters. The average Bonchev–Trinajstić information content (AvgIpc) is 3.08. The molecule has 2 aliphatic carbocycles. The van der Waals surface area contributed by atoms with E-state index < -0.39 is 6.17 Å². The van der Waals surface area contributed by atoms with Crippen molar-refractivity contribution in [3.05, 3.63) is 35.9 Å². The van der Waals surface area contributed by atoms with Crippen molar-refractivity contribution >= 4 is 5.82 Å². The Morgan fingerprint density at radius 1 is 1.19 bits per heavy atom. The van der Waals surface area contributed by atoms with Crippen LogP contribution in [0.15, 0.2) is 30.3 Å². The summed E-state index contributed by atoms with van der Waals surface area (Å²) in [4.78, 5) is 1.90. The summed E-state index contributed by atoms with van der Waals surface area (Å²) in [5.41, 5.74) is 1.39. The number of aromatic nitrogens is 2. The average molecular weight is 352 g/mol. The van der Waals surface area contributed by atoms with Crippen LogP contribution in [0.2, 0.25) is 0 Å². The number of nitrogens with zero attached hydrogens (tertiary/aromatic N) is 4. The van der Waals surface area contributed by atoms with E-state index in [1.165, 1.54) is 6.07 Å². The lowest BCUT2D eigenvalue weighted by Gasteiger charge is -2.38. The third kappa shape index (κ3) is 2.88. The van der Waals surface area contributed by atoms with Gasteiger partial charge in [0, 0.05) is 12.6 Å². The van der Waals surface area contributed by atoms with E-state index in [-0.39, 0.29) is 17.7 Å². The Kier molecular flexibility index (Phi) is 4.23. The van der Waals surface area contributed by atoms with Crippen molar-refractivity contribution in [1.82, 2.24) is 10.2 Å². The van der Waals surface area contributed by atoms with Gasteiger partial charge in [0.2, 0.25) is 0 Å². The van der Waals surface area contributed by atoms with Gasteiger partial charge in [-0.15, -0.1) is 10.2 Å². The second-order valence-corrected chi connectivity index (χ2v) is 7.42. The van der Waals surface area contributed by atoms with Crippen LogP contribution in [-0.4, -0.2) is 34.6 Å². The smallest absolute Gasteiger partial charge is 0.151 e. The summed E-state index contributed by atoms with van der Waals surface area (Å²) in [6, 6.07) is 10.0. The summed E-state index contributed by atoms with van der Waals surface area (Å²) < 4.78 is 14.8. The number of nitriles is 1. The fourth-order valence-electron chi connectivity index (χ4n) is 4.41. The molecule has 1 aromatic heterocycles. The van der Waals surface area contributed by atoms with Gasteiger partial charge in [0.25, 0.3) is 0 Å². The summed E-state index contributed by atoms with van der Waals surface area (Å²) in [6.45, 7) is 0. The van der Waals surface area contributed by atoms with Gasteiger partial charge >= 0.3 is 0 Å². The van der Waals surface area contributed by atoms with Gasteiger partial charge in [-0.1, -0.05) is 0 Å². The molecule has 2 fully saturated rings. The molecule has 0 amide bonds. The van der Waals surface area contributed by atoms with Crippen molar-refractivity contribution < 1.29 is 9.50 Å². The highest BCUT2D eigenvalue weighted by Crippen LogP contribution is 2.45. The summed E-state index contributed by atoms with van der Waals surface area (Å²) in [5.74, 6) is 1.47. The lowest BCUT2D eigenvalue weighted by Crippen LogP contribution is -2.46. The summed E-state index contributed by atoms with van der Waals surface area (Å²) in [6.07, 6.45) is 3.19. The molecule has 134 valence electrons. The van der Waals surface area contributed by atoms with E-state index in [2.05, 4.69) is 10.2 Å². The van der Waals surface area contributed by atoms with Crippen molar-refractivity contribution in [2.75, 3.05) is 11.9 Å². The predicted molar refractivity (Wildman–Crippen MR) is 96.4 cm³/mol. The molecule has 6 heteroatoms. The molecular weight excluding hydrogens is 331 g/mol. The molecule has 2 bridgehead atoms. The maximum Gasteiger partial charge on any atom is 0.151 e. The lowest BCUT2D eigenvalue weighted by molar-refractivity contribution is 0.144. The van der Waals surface area contributed by atoms with Crippen molar-refractivity contribution in [1.29, 1.82) is 5.26 Å². The number of phenols is 1. The lowest BCUT2D eigenvalue weighted by atomic mass is 9.83. The highest BCUT2D eigenvalue weighted by Gasteiger charge is 2.44. The Balaban J connectivity index is 1.57. The molecule has 1 aromatic carbocycles. The molecule has 4 rings (SSSR count). The number of rotatable bonds is 3. The maximum absolute atomic E-state index is 14.8. The number of alkyl halides is 1. The molecule has 2 aliphatic rings.